The fraction of sp³-hybridized carbons (Fsp3) is 0.364. The molecular weight excluding hydrogens is 242 g/mol. The molecule has 1 aromatic rings. The summed E-state index contributed by atoms with van der Waals surface area (Å²) in [5.41, 5.74) is 1.56. The number of nitrogens with one attached hydrogen (secondary N) is 1. The molecule has 17 heavy (non-hydrogen) atoms. The molecule has 0 aliphatic carbocycles. The van der Waals surface area contributed by atoms with Crippen LogP contribution in [0.3, 0.4) is 0 Å². The zero-order valence-electron chi connectivity index (χ0n) is 9.51. The molecule has 6 heteroatoms. The van der Waals surface area contributed by atoms with Gasteiger partial charge in [-0.25, -0.2) is 8.42 Å². The van der Waals surface area contributed by atoms with Gasteiger partial charge in [-0.1, -0.05) is 19.1 Å². The Hall–Kier alpha value is -1.56. The summed E-state index contributed by atoms with van der Waals surface area (Å²) in [6.07, 6.45) is 0.481. The van der Waals surface area contributed by atoms with Crippen molar-refractivity contribution in [2.75, 3.05) is 10.5 Å². The van der Waals surface area contributed by atoms with Gasteiger partial charge in [0.05, 0.1) is 12.2 Å². The number of benzene rings is 1. The predicted octanol–water partition coefficient (Wildman–Crippen LogP) is 1.47. The van der Waals surface area contributed by atoms with Gasteiger partial charge in [0.15, 0.2) is 0 Å². The van der Waals surface area contributed by atoms with Gasteiger partial charge < -0.3 is 5.11 Å². The van der Waals surface area contributed by atoms with Crippen LogP contribution in [0.2, 0.25) is 0 Å². The highest BCUT2D eigenvalue weighted by Gasteiger charge is 2.12. The van der Waals surface area contributed by atoms with E-state index >= 15 is 0 Å². The summed E-state index contributed by atoms with van der Waals surface area (Å²) in [6, 6.07) is 6.98. The Morgan fingerprint density at radius 2 is 1.88 bits per heavy atom. The van der Waals surface area contributed by atoms with Gasteiger partial charge in [-0.15, -0.1) is 0 Å². The molecule has 0 fully saturated rings. The second kappa shape index (κ2) is 5.67. The first kappa shape index (κ1) is 13.5. The van der Waals surface area contributed by atoms with Crippen LogP contribution in [0, 0.1) is 0 Å². The van der Waals surface area contributed by atoms with Crippen LogP contribution in [-0.4, -0.2) is 25.2 Å². The quantitative estimate of drug-likeness (QED) is 0.808. The Balaban J connectivity index is 2.66. The molecule has 0 aliphatic rings. The summed E-state index contributed by atoms with van der Waals surface area (Å²) in [7, 11) is -3.58. The first-order valence-electron chi connectivity index (χ1n) is 5.24. The maximum Gasteiger partial charge on any atom is 0.304 e. The highest BCUT2D eigenvalue weighted by molar-refractivity contribution is 7.92. The van der Waals surface area contributed by atoms with Crippen LogP contribution in [-0.2, 0) is 21.2 Å². The summed E-state index contributed by atoms with van der Waals surface area (Å²) in [5.74, 6) is -1.55. The predicted molar refractivity (Wildman–Crippen MR) is 65.5 cm³/mol. The lowest BCUT2D eigenvalue weighted by molar-refractivity contribution is -0.136. The van der Waals surface area contributed by atoms with Crippen molar-refractivity contribution in [1.82, 2.24) is 0 Å². The lowest BCUT2D eigenvalue weighted by atomic mass is 10.2. The Kier molecular flexibility index (Phi) is 4.51. The molecule has 0 aromatic heterocycles. The van der Waals surface area contributed by atoms with E-state index in [4.69, 9.17) is 5.11 Å². The van der Waals surface area contributed by atoms with Crippen molar-refractivity contribution in [2.45, 2.75) is 19.8 Å². The first-order valence-corrected chi connectivity index (χ1v) is 6.89. The van der Waals surface area contributed by atoms with Gasteiger partial charge in [0.1, 0.15) is 0 Å². The van der Waals surface area contributed by atoms with E-state index < -0.39 is 28.2 Å². The van der Waals surface area contributed by atoms with Crippen molar-refractivity contribution in [3.05, 3.63) is 29.8 Å². The standard InChI is InChI=1S/C11H15NO4S/c1-2-9-3-5-10(6-4-9)12-17(15,16)8-7-11(13)14/h3-6,12H,2,7-8H2,1H3,(H,13,14). The maximum absolute atomic E-state index is 11.5. The normalized spacial score (nSPS) is 11.1. The maximum atomic E-state index is 11.5. The second-order valence-corrected chi connectivity index (χ2v) is 5.46. The van der Waals surface area contributed by atoms with Gasteiger partial charge in [-0.3, -0.25) is 9.52 Å². The fourth-order valence-corrected chi connectivity index (χ4v) is 2.30. The third-order valence-electron chi connectivity index (χ3n) is 2.22. The number of carboxylic acids is 1. The lowest BCUT2D eigenvalue weighted by Gasteiger charge is -2.07. The molecular formula is C11H15NO4S. The van der Waals surface area contributed by atoms with Crippen LogP contribution in [0.15, 0.2) is 24.3 Å². The second-order valence-electron chi connectivity index (χ2n) is 3.62. The third-order valence-corrected chi connectivity index (χ3v) is 3.51. The molecule has 94 valence electrons. The minimum Gasteiger partial charge on any atom is -0.481 e. The van der Waals surface area contributed by atoms with Gasteiger partial charge in [0.2, 0.25) is 10.0 Å². The van der Waals surface area contributed by atoms with Gasteiger partial charge in [0, 0.05) is 5.69 Å². The Morgan fingerprint density at radius 3 is 2.35 bits per heavy atom. The van der Waals surface area contributed by atoms with Crippen molar-refractivity contribution in [3.63, 3.8) is 0 Å². The van der Waals surface area contributed by atoms with Gasteiger partial charge in [-0.2, -0.15) is 0 Å². The first-order chi connectivity index (χ1) is 7.93. The number of carboxylic acid groups (broad SMARTS) is 1. The number of hydrogen-bond donors (Lipinski definition) is 2. The van der Waals surface area contributed by atoms with E-state index in [1.54, 1.807) is 12.1 Å². The van der Waals surface area contributed by atoms with Crippen LogP contribution in [0.25, 0.3) is 0 Å². The van der Waals surface area contributed by atoms with Crippen LogP contribution in [0.4, 0.5) is 5.69 Å². The van der Waals surface area contributed by atoms with Gasteiger partial charge in [0.25, 0.3) is 0 Å². The molecule has 0 saturated carbocycles. The largest absolute Gasteiger partial charge is 0.481 e. The van der Waals surface area contributed by atoms with E-state index in [0.717, 1.165) is 12.0 Å². The van der Waals surface area contributed by atoms with E-state index in [0.29, 0.717) is 5.69 Å². The van der Waals surface area contributed by atoms with Crippen LogP contribution < -0.4 is 4.72 Å². The monoisotopic (exact) mass is 257 g/mol. The summed E-state index contributed by atoms with van der Waals surface area (Å²) in [6.45, 7) is 2.01. The van der Waals surface area contributed by atoms with Gasteiger partial charge >= 0.3 is 5.97 Å². The molecule has 0 radical (unpaired) electrons. The van der Waals surface area contributed by atoms with Crippen molar-refractivity contribution in [2.24, 2.45) is 0 Å². The van der Waals surface area contributed by atoms with E-state index in [9.17, 15) is 13.2 Å². The van der Waals surface area contributed by atoms with E-state index in [2.05, 4.69) is 4.72 Å². The zero-order valence-corrected chi connectivity index (χ0v) is 10.3. The minimum absolute atomic E-state index is 0.400. The summed E-state index contributed by atoms with van der Waals surface area (Å²) < 4.78 is 25.3. The van der Waals surface area contributed by atoms with E-state index in [-0.39, 0.29) is 0 Å². The molecule has 0 heterocycles. The van der Waals surface area contributed by atoms with Gasteiger partial charge in [-0.05, 0) is 24.1 Å². The summed E-state index contributed by atoms with van der Waals surface area (Å²) in [5, 5.41) is 8.42. The van der Waals surface area contributed by atoms with Crippen molar-refractivity contribution in [1.29, 1.82) is 0 Å². The summed E-state index contributed by atoms with van der Waals surface area (Å²) in [4.78, 5) is 10.3. The topological polar surface area (TPSA) is 83.5 Å². The number of rotatable bonds is 6. The highest BCUT2D eigenvalue weighted by Crippen LogP contribution is 2.12. The smallest absolute Gasteiger partial charge is 0.304 e. The van der Waals surface area contributed by atoms with Crippen molar-refractivity contribution >= 4 is 21.7 Å². The third kappa shape index (κ3) is 4.86. The number of carbonyl (C=O) groups is 1. The number of hydrogen-bond acceptors (Lipinski definition) is 3. The molecule has 0 atom stereocenters. The van der Waals surface area contributed by atoms with Crippen molar-refractivity contribution < 1.29 is 18.3 Å². The number of sulfonamides is 1. The van der Waals surface area contributed by atoms with E-state index in [1.165, 1.54) is 0 Å². The molecule has 0 bridgehead atoms. The lowest BCUT2D eigenvalue weighted by Crippen LogP contribution is -2.18. The zero-order chi connectivity index (χ0) is 12.9. The van der Waals surface area contributed by atoms with Crippen LogP contribution in [0.5, 0.6) is 0 Å². The summed E-state index contributed by atoms with van der Waals surface area (Å²) >= 11 is 0. The number of anilines is 1. The molecule has 2 N–H and O–H groups in total. The fourth-order valence-electron chi connectivity index (χ4n) is 1.26. The molecule has 0 spiro atoms. The Labute approximate surface area is 101 Å². The van der Waals surface area contributed by atoms with E-state index in [1.807, 2.05) is 19.1 Å². The SMILES string of the molecule is CCc1ccc(NS(=O)(=O)CCC(=O)O)cc1. The average molecular weight is 257 g/mol. The molecule has 0 saturated heterocycles. The van der Waals surface area contributed by atoms with Crippen LogP contribution >= 0.6 is 0 Å². The number of aliphatic carboxylic acids is 1. The molecule has 0 amide bonds. The molecule has 1 rings (SSSR count). The molecule has 5 nitrogen and oxygen atoms in total. The highest BCUT2D eigenvalue weighted by atomic mass is 32.2. The Morgan fingerprint density at radius 1 is 1.29 bits per heavy atom. The van der Waals surface area contributed by atoms with Crippen molar-refractivity contribution in [3.8, 4) is 0 Å². The average Bonchev–Trinajstić information content (AvgIpc) is 2.27. The molecule has 0 unspecified atom stereocenters. The molecule has 0 aliphatic heterocycles. The number of aryl methyl sites for hydroxylation is 1. The Bertz CT molecular complexity index is 479. The minimum atomic E-state index is -3.58. The van der Waals surface area contributed by atoms with Crippen LogP contribution in [0.1, 0.15) is 18.9 Å². The molecule has 1 aromatic carbocycles.